The molecule has 0 bridgehead atoms. The number of benzene rings is 2. The lowest BCUT2D eigenvalue weighted by atomic mass is 10.2. The highest BCUT2D eigenvalue weighted by molar-refractivity contribution is 5.79. The van der Waals surface area contributed by atoms with Crippen molar-refractivity contribution in [3.8, 4) is 5.69 Å². The van der Waals surface area contributed by atoms with E-state index in [4.69, 9.17) is 9.15 Å². The Morgan fingerprint density at radius 2 is 1.90 bits per heavy atom. The molecule has 0 aliphatic carbocycles. The zero-order valence-electron chi connectivity index (χ0n) is 17.0. The van der Waals surface area contributed by atoms with Crippen LogP contribution in [0.25, 0.3) is 28.9 Å². The highest BCUT2D eigenvalue weighted by Gasteiger charge is 2.09. The van der Waals surface area contributed by atoms with Gasteiger partial charge >= 0.3 is 0 Å². The fourth-order valence-corrected chi connectivity index (χ4v) is 3.52. The van der Waals surface area contributed by atoms with Crippen molar-refractivity contribution in [3.05, 3.63) is 77.4 Å². The molecule has 29 heavy (non-hydrogen) atoms. The molecule has 0 aliphatic rings. The van der Waals surface area contributed by atoms with Gasteiger partial charge in [-0.15, -0.1) is 0 Å². The third-order valence-corrected chi connectivity index (χ3v) is 4.93. The van der Waals surface area contributed by atoms with Gasteiger partial charge in [0.1, 0.15) is 5.52 Å². The number of para-hydroxylation sites is 1. The Kier molecular flexibility index (Phi) is 5.49. The Labute approximate surface area is 170 Å². The van der Waals surface area contributed by atoms with Gasteiger partial charge in [0.15, 0.2) is 5.58 Å². The first kappa shape index (κ1) is 19.0. The zero-order chi connectivity index (χ0) is 20.2. The highest BCUT2D eigenvalue weighted by atomic mass is 16.5. The van der Waals surface area contributed by atoms with Crippen LogP contribution in [-0.2, 0) is 4.74 Å². The van der Waals surface area contributed by atoms with Crippen molar-refractivity contribution in [1.29, 1.82) is 0 Å². The van der Waals surface area contributed by atoms with Gasteiger partial charge in [-0.2, -0.15) is 0 Å². The molecule has 5 nitrogen and oxygen atoms in total. The molecule has 2 aromatic heterocycles. The second-order valence-electron chi connectivity index (χ2n) is 6.98. The number of aromatic nitrogens is 2. The van der Waals surface area contributed by atoms with E-state index in [1.54, 1.807) is 7.11 Å². The van der Waals surface area contributed by atoms with Gasteiger partial charge in [0.25, 0.3) is 0 Å². The summed E-state index contributed by atoms with van der Waals surface area (Å²) < 4.78 is 13.2. The van der Waals surface area contributed by atoms with Crippen molar-refractivity contribution < 1.29 is 9.15 Å². The Bertz CT molecular complexity index is 1140. The van der Waals surface area contributed by atoms with E-state index in [1.807, 2.05) is 30.3 Å². The van der Waals surface area contributed by atoms with Crippen molar-refractivity contribution in [3.63, 3.8) is 0 Å². The molecule has 0 saturated carbocycles. The molecule has 4 rings (SSSR count). The molecule has 0 fully saturated rings. The number of nitrogens with zero attached hydrogens (tertiary/aromatic N) is 2. The third-order valence-electron chi connectivity index (χ3n) is 4.93. The van der Waals surface area contributed by atoms with Crippen molar-refractivity contribution in [2.24, 2.45) is 0 Å². The molecule has 0 saturated heterocycles. The number of rotatable bonds is 7. The maximum absolute atomic E-state index is 5.87. The fraction of sp³-hybridized carbons (Fsp3) is 0.208. The first-order valence-electron chi connectivity index (χ1n) is 9.71. The zero-order valence-corrected chi connectivity index (χ0v) is 17.0. The molecular weight excluding hydrogens is 362 g/mol. The molecule has 5 heteroatoms. The third kappa shape index (κ3) is 4.10. The van der Waals surface area contributed by atoms with Gasteiger partial charge in [0.05, 0.1) is 6.61 Å². The largest absolute Gasteiger partial charge is 0.437 e. The summed E-state index contributed by atoms with van der Waals surface area (Å²) >= 11 is 0. The fourth-order valence-electron chi connectivity index (χ4n) is 3.52. The monoisotopic (exact) mass is 387 g/mol. The lowest BCUT2D eigenvalue weighted by Crippen LogP contribution is -2.07. The number of ether oxygens (including phenoxy) is 1. The van der Waals surface area contributed by atoms with Crippen LogP contribution in [0.2, 0.25) is 0 Å². The van der Waals surface area contributed by atoms with E-state index in [0.29, 0.717) is 12.5 Å². The van der Waals surface area contributed by atoms with Crippen LogP contribution in [0.15, 0.2) is 59.0 Å². The Balaban J connectivity index is 1.57. The average Bonchev–Trinajstić information content (AvgIpc) is 3.26. The first-order chi connectivity index (χ1) is 14.2. The van der Waals surface area contributed by atoms with Gasteiger partial charge in [-0.3, -0.25) is 0 Å². The van der Waals surface area contributed by atoms with Gasteiger partial charge in [-0.05, 0) is 61.9 Å². The van der Waals surface area contributed by atoms with E-state index in [-0.39, 0.29) is 0 Å². The summed E-state index contributed by atoms with van der Waals surface area (Å²) in [5, 5.41) is 3.31. The second kappa shape index (κ2) is 8.37. The molecule has 148 valence electrons. The Morgan fingerprint density at radius 3 is 2.69 bits per heavy atom. The number of fused-ring (bicyclic) bond motifs is 1. The van der Waals surface area contributed by atoms with Crippen molar-refractivity contribution in [1.82, 2.24) is 9.55 Å². The summed E-state index contributed by atoms with van der Waals surface area (Å²) in [6.07, 6.45) is 3.99. The number of hydrogen-bond donors (Lipinski definition) is 1. The standard InChI is InChI=1S/C24H25N3O2/c1-17-15-19(18(2)27(17)21-7-5-4-6-8-21)9-12-24-26-22-16-20(25-13-14-28-3)10-11-23(22)29-24/h4-12,15-16,25H,13-14H2,1-3H3/b12-9+. The number of nitrogens with one attached hydrogen (secondary N) is 1. The van der Waals surface area contributed by atoms with Crippen molar-refractivity contribution in [2.45, 2.75) is 13.8 Å². The van der Waals surface area contributed by atoms with E-state index in [1.165, 1.54) is 11.4 Å². The van der Waals surface area contributed by atoms with Crippen LogP contribution in [0.5, 0.6) is 0 Å². The highest BCUT2D eigenvalue weighted by Crippen LogP contribution is 2.24. The van der Waals surface area contributed by atoms with Crippen LogP contribution >= 0.6 is 0 Å². The van der Waals surface area contributed by atoms with Crippen molar-refractivity contribution >= 4 is 28.9 Å². The minimum Gasteiger partial charge on any atom is -0.437 e. The van der Waals surface area contributed by atoms with Gasteiger partial charge in [-0.1, -0.05) is 18.2 Å². The molecule has 2 aromatic carbocycles. The van der Waals surface area contributed by atoms with Crippen LogP contribution in [0, 0.1) is 13.8 Å². The molecule has 0 aliphatic heterocycles. The van der Waals surface area contributed by atoms with Crippen LogP contribution in [-0.4, -0.2) is 29.8 Å². The molecule has 4 aromatic rings. The number of anilines is 1. The second-order valence-corrected chi connectivity index (χ2v) is 6.98. The van der Waals surface area contributed by atoms with Crippen LogP contribution in [0.4, 0.5) is 5.69 Å². The van der Waals surface area contributed by atoms with Gasteiger partial charge in [0.2, 0.25) is 5.89 Å². The quantitative estimate of drug-likeness (QED) is 0.428. The average molecular weight is 387 g/mol. The van der Waals surface area contributed by atoms with E-state index >= 15 is 0 Å². The van der Waals surface area contributed by atoms with E-state index in [0.717, 1.165) is 34.6 Å². The summed E-state index contributed by atoms with van der Waals surface area (Å²) in [5.41, 5.74) is 7.31. The maximum atomic E-state index is 5.87. The number of aryl methyl sites for hydroxylation is 1. The van der Waals surface area contributed by atoms with Gasteiger partial charge in [-0.25, -0.2) is 4.98 Å². The summed E-state index contributed by atoms with van der Waals surface area (Å²) in [6.45, 7) is 5.66. The Hall–Kier alpha value is -3.31. The lowest BCUT2D eigenvalue weighted by Gasteiger charge is -2.09. The molecule has 0 spiro atoms. The van der Waals surface area contributed by atoms with Crippen LogP contribution in [0.3, 0.4) is 0 Å². The smallest absolute Gasteiger partial charge is 0.220 e. The summed E-state index contributed by atoms with van der Waals surface area (Å²) in [7, 11) is 1.69. The van der Waals surface area contributed by atoms with E-state index < -0.39 is 0 Å². The van der Waals surface area contributed by atoms with Crippen molar-refractivity contribution in [2.75, 3.05) is 25.6 Å². The Morgan fingerprint density at radius 1 is 1.07 bits per heavy atom. The van der Waals surface area contributed by atoms with Crippen LogP contribution < -0.4 is 5.32 Å². The maximum Gasteiger partial charge on any atom is 0.220 e. The molecule has 0 radical (unpaired) electrons. The van der Waals surface area contributed by atoms with E-state index in [9.17, 15) is 0 Å². The lowest BCUT2D eigenvalue weighted by molar-refractivity contribution is 0.211. The molecule has 0 unspecified atom stereocenters. The van der Waals surface area contributed by atoms with Gasteiger partial charge in [0, 0.05) is 42.5 Å². The topological polar surface area (TPSA) is 52.2 Å². The summed E-state index contributed by atoms with van der Waals surface area (Å²) in [6, 6.07) is 18.5. The molecule has 0 amide bonds. The minimum absolute atomic E-state index is 0.596. The normalized spacial score (nSPS) is 11.6. The number of hydrogen-bond acceptors (Lipinski definition) is 4. The molecule has 1 N–H and O–H groups in total. The first-order valence-corrected chi connectivity index (χ1v) is 9.71. The SMILES string of the molecule is COCCNc1ccc2oc(/C=C/c3cc(C)n(-c4ccccc4)c3C)nc2c1. The number of methoxy groups -OCH3 is 1. The predicted molar refractivity (Wildman–Crippen MR) is 119 cm³/mol. The summed E-state index contributed by atoms with van der Waals surface area (Å²) in [4.78, 5) is 4.60. The van der Waals surface area contributed by atoms with Crippen LogP contribution in [0.1, 0.15) is 22.8 Å². The summed E-state index contributed by atoms with van der Waals surface area (Å²) in [5.74, 6) is 0.596. The number of oxazole rings is 1. The molecular formula is C24H25N3O2. The molecule has 2 heterocycles. The van der Waals surface area contributed by atoms with Gasteiger partial charge < -0.3 is 19.0 Å². The minimum atomic E-state index is 0.596. The van der Waals surface area contributed by atoms with E-state index in [2.05, 4.69) is 65.1 Å². The molecule has 0 atom stereocenters. The predicted octanol–water partition coefficient (Wildman–Crippen LogP) is 5.46.